The Balaban J connectivity index is 2.29. The molecular weight excluding hydrogens is 124 g/mol. The maximum atomic E-state index is 11.5. The van der Waals surface area contributed by atoms with E-state index in [4.69, 9.17) is 0 Å². The molecule has 2 rings (SSSR count). The van der Waals surface area contributed by atoms with Crippen molar-refractivity contribution < 1.29 is 4.79 Å². The van der Waals surface area contributed by atoms with Crippen LogP contribution in [-0.2, 0) is 4.79 Å². The maximum Gasteiger partial charge on any atom is 0.141 e. The predicted octanol–water partition coefficient (Wildman–Crippen LogP) is 2.16. The van der Waals surface area contributed by atoms with Crippen LogP contribution in [0.1, 0.15) is 39.0 Å². The topological polar surface area (TPSA) is 17.1 Å². The zero-order valence-electron chi connectivity index (χ0n) is 6.52. The fraction of sp³-hybridized carbons (Fsp3) is 0.889. The first-order valence-corrected chi connectivity index (χ1v) is 4.27. The molecule has 0 heterocycles. The number of fused-ring (bicyclic) bond motifs is 2. The molecule has 0 N–H and O–H groups in total. The third-order valence-electron chi connectivity index (χ3n) is 3.29. The standard InChI is InChI=1S/C9H14O/c1-9-5-2-3-7(4-6-9)8(9)10/h7H,2-6H2,1H3. The number of hydrogen-bond acceptors (Lipinski definition) is 1. The molecule has 0 amide bonds. The van der Waals surface area contributed by atoms with E-state index in [2.05, 4.69) is 6.92 Å². The van der Waals surface area contributed by atoms with Crippen molar-refractivity contribution in [1.29, 1.82) is 0 Å². The van der Waals surface area contributed by atoms with Gasteiger partial charge in [-0.1, -0.05) is 13.3 Å². The molecule has 56 valence electrons. The van der Waals surface area contributed by atoms with Crippen LogP contribution in [0.5, 0.6) is 0 Å². The zero-order valence-corrected chi connectivity index (χ0v) is 6.52. The van der Waals surface area contributed by atoms with Crippen molar-refractivity contribution in [3.05, 3.63) is 0 Å². The van der Waals surface area contributed by atoms with Crippen LogP contribution in [0.25, 0.3) is 0 Å². The molecule has 2 atom stereocenters. The number of hydrogen-bond donors (Lipinski definition) is 0. The molecule has 2 aliphatic carbocycles. The minimum absolute atomic E-state index is 0.114. The summed E-state index contributed by atoms with van der Waals surface area (Å²) in [5.74, 6) is 1.03. The summed E-state index contributed by atoms with van der Waals surface area (Å²) in [4.78, 5) is 11.5. The fourth-order valence-electron chi connectivity index (χ4n) is 2.50. The predicted molar refractivity (Wildman–Crippen MR) is 39.7 cm³/mol. The second-order valence-corrected chi connectivity index (χ2v) is 4.05. The van der Waals surface area contributed by atoms with Gasteiger partial charge in [0.25, 0.3) is 0 Å². The molecule has 0 spiro atoms. The highest BCUT2D eigenvalue weighted by atomic mass is 16.1. The van der Waals surface area contributed by atoms with Crippen LogP contribution in [0.3, 0.4) is 0 Å². The van der Waals surface area contributed by atoms with Gasteiger partial charge in [-0.05, 0) is 25.7 Å². The Labute approximate surface area is 61.8 Å². The Morgan fingerprint density at radius 2 is 2.20 bits per heavy atom. The second kappa shape index (κ2) is 1.84. The van der Waals surface area contributed by atoms with Gasteiger partial charge in [-0.25, -0.2) is 0 Å². The van der Waals surface area contributed by atoms with E-state index in [1.54, 1.807) is 0 Å². The highest BCUT2D eigenvalue weighted by molar-refractivity contribution is 5.89. The molecule has 0 aromatic heterocycles. The number of Topliss-reactive ketones (excluding diaryl/α,β-unsaturated/α-hetero) is 1. The number of ketones is 1. The Morgan fingerprint density at radius 1 is 1.40 bits per heavy atom. The highest BCUT2D eigenvalue weighted by Crippen LogP contribution is 2.47. The van der Waals surface area contributed by atoms with Gasteiger partial charge in [0.05, 0.1) is 0 Å². The lowest BCUT2D eigenvalue weighted by Crippen LogP contribution is -2.29. The first kappa shape index (κ1) is 6.38. The molecule has 0 aliphatic heterocycles. The Morgan fingerprint density at radius 3 is 2.80 bits per heavy atom. The normalized spacial score (nSPS) is 46.1. The lowest BCUT2D eigenvalue weighted by Gasteiger charge is -2.26. The second-order valence-electron chi connectivity index (χ2n) is 4.05. The van der Waals surface area contributed by atoms with Crippen LogP contribution in [0.4, 0.5) is 0 Å². The summed E-state index contributed by atoms with van der Waals surface area (Å²) in [6.07, 6.45) is 5.95. The lowest BCUT2D eigenvalue weighted by atomic mass is 9.76. The van der Waals surface area contributed by atoms with Crippen molar-refractivity contribution in [1.82, 2.24) is 0 Å². The molecule has 0 saturated heterocycles. The van der Waals surface area contributed by atoms with Crippen molar-refractivity contribution in [2.75, 3.05) is 0 Å². The summed E-state index contributed by atoms with van der Waals surface area (Å²) < 4.78 is 0. The SMILES string of the molecule is CC12CCCC(CC1)C2=O. The van der Waals surface area contributed by atoms with Gasteiger partial charge >= 0.3 is 0 Å². The molecule has 0 aromatic carbocycles. The van der Waals surface area contributed by atoms with Crippen LogP contribution < -0.4 is 0 Å². The molecule has 1 nitrogen and oxygen atoms in total. The smallest absolute Gasteiger partial charge is 0.141 e. The summed E-state index contributed by atoms with van der Waals surface area (Å²) >= 11 is 0. The van der Waals surface area contributed by atoms with E-state index in [0.717, 1.165) is 12.8 Å². The van der Waals surface area contributed by atoms with E-state index in [0.29, 0.717) is 11.7 Å². The Hall–Kier alpha value is -0.330. The third-order valence-corrected chi connectivity index (χ3v) is 3.29. The number of carbonyl (C=O) groups is 1. The summed E-state index contributed by atoms with van der Waals surface area (Å²) in [6, 6.07) is 0. The molecule has 0 aromatic rings. The van der Waals surface area contributed by atoms with Gasteiger partial charge in [-0.15, -0.1) is 0 Å². The highest BCUT2D eigenvalue weighted by Gasteiger charge is 2.46. The van der Waals surface area contributed by atoms with E-state index < -0.39 is 0 Å². The van der Waals surface area contributed by atoms with Crippen LogP contribution in [0.15, 0.2) is 0 Å². The van der Waals surface area contributed by atoms with Crippen molar-refractivity contribution in [2.24, 2.45) is 11.3 Å². The third kappa shape index (κ3) is 0.664. The van der Waals surface area contributed by atoms with Crippen molar-refractivity contribution in [3.63, 3.8) is 0 Å². The van der Waals surface area contributed by atoms with Crippen LogP contribution in [-0.4, -0.2) is 5.78 Å². The van der Waals surface area contributed by atoms with E-state index in [-0.39, 0.29) is 5.41 Å². The largest absolute Gasteiger partial charge is 0.299 e. The van der Waals surface area contributed by atoms with Crippen molar-refractivity contribution in [3.8, 4) is 0 Å². The molecule has 2 fully saturated rings. The van der Waals surface area contributed by atoms with Crippen LogP contribution >= 0.6 is 0 Å². The summed E-state index contributed by atoms with van der Waals surface area (Å²) in [7, 11) is 0. The zero-order chi connectivity index (χ0) is 7.19. The van der Waals surface area contributed by atoms with Gasteiger partial charge in [0.15, 0.2) is 0 Å². The number of carbonyl (C=O) groups excluding carboxylic acids is 1. The Bertz CT molecular complexity index is 170. The maximum absolute atomic E-state index is 11.5. The van der Waals surface area contributed by atoms with Gasteiger partial charge in [0, 0.05) is 11.3 Å². The number of rotatable bonds is 0. The molecule has 2 unspecified atom stereocenters. The van der Waals surface area contributed by atoms with Crippen LogP contribution in [0, 0.1) is 11.3 Å². The summed E-state index contributed by atoms with van der Waals surface area (Å²) in [5, 5.41) is 0. The molecular formula is C9H14O. The van der Waals surface area contributed by atoms with Gasteiger partial charge in [0.2, 0.25) is 0 Å². The molecule has 2 saturated carbocycles. The molecule has 0 radical (unpaired) electrons. The molecule has 10 heavy (non-hydrogen) atoms. The van der Waals surface area contributed by atoms with E-state index in [1.807, 2.05) is 0 Å². The summed E-state index contributed by atoms with van der Waals surface area (Å²) in [5.41, 5.74) is 0.114. The monoisotopic (exact) mass is 138 g/mol. The molecule has 1 heteroatoms. The first-order chi connectivity index (χ1) is 4.72. The van der Waals surface area contributed by atoms with Crippen LogP contribution in [0.2, 0.25) is 0 Å². The minimum Gasteiger partial charge on any atom is -0.299 e. The minimum atomic E-state index is 0.114. The lowest BCUT2D eigenvalue weighted by molar-refractivity contribution is -0.130. The van der Waals surface area contributed by atoms with Gasteiger partial charge < -0.3 is 0 Å². The average Bonchev–Trinajstić information content (AvgIpc) is 2.18. The van der Waals surface area contributed by atoms with E-state index in [9.17, 15) is 4.79 Å². The van der Waals surface area contributed by atoms with Gasteiger partial charge in [0.1, 0.15) is 5.78 Å². The van der Waals surface area contributed by atoms with Crippen molar-refractivity contribution >= 4 is 5.78 Å². The summed E-state index contributed by atoms with van der Waals surface area (Å²) in [6.45, 7) is 2.15. The van der Waals surface area contributed by atoms with Gasteiger partial charge in [-0.3, -0.25) is 4.79 Å². The fourth-order valence-corrected chi connectivity index (χ4v) is 2.50. The molecule has 2 aliphatic rings. The molecule has 2 bridgehead atoms. The average molecular weight is 138 g/mol. The van der Waals surface area contributed by atoms with E-state index >= 15 is 0 Å². The van der Waals surface area contributed by atoms with Gasteiger partial charge in [-0.2, -0.15) is 0 Å². The van der Waals surface area contributed by atoms with E-state index in [1.165, 1.54) is 19.3 Å². The first-order valence-electron chi connectivity index (χ1n) is 4.27. The Kier molecular flexibility index (Phi) is 1.17. The quantitative estimate of drug-likeness (QED) is 0.501. The van der Waals surface area contributed by atoms with Crippen molar-refractivity contribution in [2.45, 2.75) is 39.0 Å².